The Bertz CT molecular complexity index is 1160. The van der Waals surface area contributed by atoms with E-state index in [1.54, 1.807) is 37.4 Å². The van der Waals surface area contributed by atoms with E-state index in [-0.39, 0.29) is 26.5 Å². The Labute approximate surface area is 292 Å². The summed E-state index contributed by atoms with van der Waals surface area (Å²) in [7, 11) is 0. The zero-order valence-corrected chi connectivity index (χ0v) is 30.0. The smallest absolute Gasteiger partial charge is 0.179 e. The van der Waals surface area contributed by atoms with Gasteiger partial charge in [0.1, 0.15) is 60.7 Å². The van der Waals surface area contributed by atoms with E-state index in [0.717, 1.165) is 28.5 Å². The van der Waals surface area contributed by atoms with Crippen LogP contribution in [-0.4, -0.2) is 61.2 Å². The summed E-state index contributed by atoms with van der Waals surface area (Å²) in [6.45, 7) is 4.53. The third kappa shape index (κ3) is 15.3. The fourth-order valence-electron chi connectivity index (χ4n) is 2.93. The number of ether oxygens (including phenoxy) is 6. The van der Waals surface area contributed by atoms with Gasteiger partial charge in [-0.25, -0.2) is 4.98 Å². The van der Waals surface area contributed by atoms with Crippen LogP contribution in [0.2, 0.25) is 0 Å². The Morgan fingerprint density at radius 3 is 1.76 bits per heavy atom. The van der Waals surface area contributed by atoms with E-state index < -0.39 is 0 Å². The van der Waals surface area contributed by atoms with Crippen LogP contribution >= 0.6 is 70.4 Å². The normalized spacial score (nSPS) is 16.8. The second-order valence-electron chi connectivity index (χ2n) is 7.71. The van der Waals surface area contributed by atoms with Crippen molar-refractivity contribution in [3.8, 4) is 0 Å². The average molecular weight is 963 g/mol. The molecule has 1 fully saturated rings. The van der Waals surface area contributed by atoms with Crippen LogP contribution in [0, 0.1) is 3.70 Å². The van der Waals surface area contributed by atoms with Crippen molar-refractivity contribution in [3.05, 3.63) is 102 Å². The summed E-state index contributed by atoms with van der Waals surface area (Å²) >= 11 is 12.1. The van der Waals surface area contributed by atoms with Gasteiger partial charge in [-0.15, -0.1) is 0 Å². The molecule has 1 atom stereocenters. The number of hydrogen-bond acceptors (Lipinski definition) is 9. The van der Waals surface area contributed by atoms with Crippen LogP contribution < -0.4 is 0 Å². The van der Waals surface area contributed by atoms with E-state index >= 15 is 0 Å². The molecule has 0 radical (unpaired) electrons. The Morgan fingerprint density at radius 1 is 0.683 bits per heavy atom. The summed E-state index contributed by atoms with van der Waals surface area (Å²) in [5.41, 5.74) is 1.73. The van der Waals surface area contributed by atoms with Crippen LogP contribution in [0.15, 0.2) is 87.2 Å². The second kappa shape index (κ2) is 21.6. The van der Waals surface area contributed by atoms with Gasteiger partial charge in [0.2, 0.25) is 0 Å². The maximum absolute atomic E-state index is 5.50. The van der Waals surface area contributed by atoms with Gasteiger partial charge in [0, 0.05) is 52.4 Å². The zero-order valence-electron chi connectivity index (χ0n) is 21.6. The maximum atomic E-state index is 5.50. The molecular formula is C27H27Br3IN3O6Pd. The van der Waals surface area contributed by atoms with Crippen LogP contribution in [0.5, 0.6) is 0 Å². The molecule has 0 N–H and O–H groups in total. The van der Waals surface area contributed by atoms with Crippen LogP contribution in [0.3, 0.4) is 0 Å². The van der Waals surface area contributed by atoms with Crippen molar-refractivity contribution in [1.82, 2.24) is 15.0 Å². The molecule has 3 aliphatic rings. The molecule has 6 heterocycles. The van der Waals surface area contributed by atoms with Crippen LogP contribution in [0.25, 0.3) is 5.76 Å². The molecule has 0 amide bonds. The van der Waals surface area contributed by atoms with Gasteiger partial charge in [-0.2, -0.15) is 0 Å². The molecule has 9 nitrogen and oxygen atoms in total. The van der Waals surface area contributed by atoms with Crippen LogP contribution in [0.1, 0.15) is 17.5 Å². The Morgan fingerprint density at radius 2 is 1.32 bits per heavy atom. The van der Waals surface area contributed by atoms with Gasteiger partial charge < -0.3 is 28.4 Å². The summed E-state index contributed by atoms with van der Waals surface area (Å²) in [6, 6.07) is 11.6. The molecule has 0 aliphatic carbocycles. The number of rotatable bonds is 2. The van der Waals surface area contributed by atoms with E-state index in [2.05, 4.69) is 85.3 Å². The molecule has 3 aliphatic heterocycles. The number of pyridine rings is 3. The minimum absolute atomic E-state index is 0. The second-order valence-corrected chi connectivity index (χ2v) is 11.6. The van der Waals surface area contributed by atoms with Crippen molar-refractivity contribution >= 4 is 76.1 Å². The molecule has 3 aromatic heterocycles. The van der Waals surface area contributed by atoms with Crippen molar-refractivity contribution in [3.63, 3.8) is 0 Å². The summed E-state index contributed by atoms with van der Waals surface area (Å²) in [5, 5.41) is 0. The van der Waals surface area contributed by atoms with Crippen molar-refractivity contribution in [1.29, 1.82) is 0 Å². The largest absolute Gasteiger partial charge is 0.494 e. The molecule has 1 unspecified atom stereocenters. The molecule has 0 saturated carbocycles. The first kappa shape index (κ1) is 36.1. The molecule has 224 valence electrons. The first-order valence-electron chi connectivity index (χ1n) is 12.0. The summed E-state index contributed by atoms with van der Waals surface area (Å²) in [5.74, 6) is 0.693. The van der Waals surface area contributed by atoms with Gasteiger partial charge in [-0.05, 0) is 107 Å². The Hall–Kier alpha value is -1.12. The Kier molecular flexibility index (Phi) is 19.0. The standard InChI is InChI=1S/C9H10BrNO2.C9H8BrNO2.C5H3BrIN.C4H6O2.Pd/c2*10-7-1-2-8(11-5-7)9-6-12-3-4-13-9;6-4-1-2-5(7)8-3-4;1-2-6-4-3-5-1;/h1-2,5,9H,3-4,6H2;1-2,5-6H,3-4H2;1-3H;1-2H,3-4H2;. The van der Waals surface area contributed by atoms with Gasteiger partial charge in [0.25, 0.3) is 0 Å². The average Bonchev–Trinajstić information content (AvgIpc) is 3.02. The Balaban J connectivity index is 0.000000198. The summed E-state index contributed by atoms with van der Waals surface area (Å²) in [6.07, 6.45) is 9.97. The molecular weight excluding hydrogens is 935 g/mol. The first-order chi connectivity index (χ1) is 19.5. The molecule has 14 heteroatoms. The molecule has 1 saturated heterocycles. The van der Waals surface area contributed by atoms with Gasteiger partial charge in [-0.3, -0.25) is 9.97 Å². The molecule has 0 aromatic carbocycles. The third-order valence-electron chi connectivity index (χ3n) is 4.78. The predicted molar refractivity (Wildman–Crippen MR) is 169 cm³/mol. The van der Waals surface area contributed by atoms with Gasteiger partial charge in [-0.1, -0.05) is 0 Å². The van der Waals surface area contributed by atoms with E-state index in [1.165, 1.54) is 0 Å². The van der Waals surface area contributed by atoms with Gasteiger partial charge in [0.05, 0.1) is 25.5 Å². The van der Waals surface area contributed by atoms with Gasteiger partial charge >= 0.3 is 0 Å². The fraction of sp³-hybridized carbons (Fsp3) is 0.296. The number of nitrogens with zero attached hydrogens (tertiary/aromatic N) is 3. The molecule has 6 rings (SSSR count). The predicted octanol–water partition coefficient (Wildman–Crippen LogP) is 7.07. The summed E-state index contributed by atoms with van der Waals surface area (Å²) < 4.78 is 34.8. The van der Waals surface area contributed by atoms with E-state index in [1.807, 2.05) is 36.4 Å². The summed E-state index contributed by atoms with van der Waals surface area (Å²) in [4.78, 5) is 12.5. The van der Waals surface area contributed by atoms with Gasteiger partial charge in [0.15, 0.2) is 5.76 Å². The fourth-order valence-corrected chi connectivity index (χ4v) is 3.95. The molecule has 3 aromatic rings. The van der Waals surface area contributed by atoms with E-state index in [9.17, 15) is 0 Å². The van der Waals surface area contributed by atoms with Crippen molar-refractivity contribution < 1.29 is 48.8 Å². The molecule has 0 spiro atoms. The van der Waals surface area contributed by atoms with Crippen LogP contribution in [-0.2, 0) is 48.8 Å². The number of aromatic nitrogens is 3. The third-order valence-corrected chi connectivity index (χ3v) is 6.83. The molecule has 0 bridgehead atoms. The topological polar surface area (TPSA) is 94.1 Å². The maximum Gasteiger partial charge on any atom is 0.179 e. The zero-order chi connectivity index (χ0) is 28.4. The van der Waals surface area contributed by atoms with Crippen molar-refractivity contribution in [2.45, 2.75) is 6.10 Å². The van der Waals surface area contributed by atoms with Crippen LogP contribution in [0.4, 0.5) is 0 Å². The number of hydrogen-bond donors (Lipinski definition) is 0. The first-order valence-corrected chi connectivity index (χ1v) is 15.5. The minimum atomic E-state index is 0. The van der Waals surface area contributed by atoms with Crippen molar-refractivity contribution in [2.24, 2.45) is 0 Å². The minimum Gasteiger partial charge on any atom is -0.494 e. The van der Waals surface area contributed by atoms with E-state index in [0.29, 0.717) is 52.0 Å². The molecule has 41 heavy (non-hydrogen) atoms. The quantitative estimate of drug-likeness (QED) is 0.152. The van der Waals surface area contributed by atoms with Crippen molar-refractivity contribution in [2.75, 3.05) is 46.2 Å². The SMILES string of the molecule is Brc1ccc(C2=COCCO2)nc1.Brc1ccc(C2COCCO2)nc1.Brc1ccc(I)nc1.C1=COCCO1.[Pd]. The number of halogens is 4. The van der Waals surface area contributed by atoms with E-state index in [4.69, 9.17) is 28.4 Å². The monoisotopic (exact) mass is 959 g/mol.